The van der Waals surface area contributed by atoms with Gasteiger partial charge >= 0.3 is 5.97 Å². The number of hydrogen-bond acceptors (Lipinski definition) is 8. The maximum atomic E-state index is 11.3. The van der Waals surface area contributed by atoms with Crippen LogP contribution in [0.25, 0.3) is 11.3 Å². The van der Waals surface area contributed by atoms with Crippen molar-refractivity contribution in [3.8, 4) is 11.3 Å². The largest absolute Gasteiger partial charge is 0.481 e. The summed E-state index contributed by atoms with van der Waals surface area (Å²) in [4.78, 5) is 17.9. The van der Waals surface area contributed by atoms with Crippen LogP contribution in [-0.4, -0.2) is 45.6 Å². The number of carboxylic acids is 1. The highest BCUT2D eigenvalue weighted by Gasteiger charge is 2.36. The van der Waals surface area contributed by atoms with Gasteiger partial charge in [0.05, 0.1) is 28.7 Å². The lowest BCUT2D eigenvalue weighted by Crippen LogP contribution is -2.37. The van der Waals surface area contributed by atoms with Crippen LogP contribution in [0.4, 0.5) is 5.95 Å². The molecule has 9 nitrogen and oxygen atoms in total. The van der Waals surface area contributed by atoms with Crippen LogP contribution in [0.3, 0.4) is 0 Å². The minimum atomic E-state index is -0.748. The van der Waals surface area contributed by atoms with Crippen LogP contribution >= 0.6 is 23.2 Å². The second-order valence-corrected chi connectivity index (χ2v) is 11.0. The second kappa shape index (κ2) is 10.3. The van der Waals surface area contributed by atoms with E-state index < -0.39 is 5.97 Å². The molecule has 1 aliphatic heterocycles. The van der Waals surface area contributed by atoms with Crippen molar-refractivity contribution in [2.75, 3.05) is 18.0 Å². The van der Waals surface area contributed by atoms with Crippen molar-refractivity contribution in [1.29, 1.82) is 0 Å². The topological polar surface area (TPSA) is 115 Å². The highest BCUT2D eigenvalue weighted by Crippen LogP contribution is 2.46. The van der Waals surface area contributed by atoms with E-state index in [2.05, 4.69) is 20.2 Å². The Morgan fingerprint density at radius 3 is 2.43 bits per heavy atom. The van der Waals surface area contributed by atoms with Gasteiger partial charge < -0.3 is 23.8 Å². The van der Waals surface area contributed by atoms with Crippen LogP contribution in [0.2, 0.25) is 10.0 Å². The SMILES string of the molecule is O=C(O)[C@@H]1CC[C@H](c2nc(N3CCC(OCc4c(-c5c(Cl)cccc5Cl)noc4C4CC4)CC3)no2)C1. The Labute approximate surface area is 224 Å². The molecule has 37 heavy (non-hydrogen) atoms. The summed E-state index contributed by atoms with van der Waals surface area (Å²) in [6, 6.07) is 5.41. The van der Waals surface area contributed by atoms with Gasteiger partial charge in [0.2, 0.25) is 5.89 Å². The number of anilines is 1. The fraction of sp³-hybridized carbons (Fsp3) is 0.538. The van der Waals surface area contributed by atoms with Gasteiger partial charge in [0, 0.05) is 36.1 Å². The zero-order chi connectivity index (χ0) is 25.5. The van der Waals surface area contributed by atoms with E-state index in [1.54, 1.807) is 12.1 Å². The average Bonchev–Trinajstić information content (AvgIpc) is 3.27. The predicted octanol–water partition coefficient (Wildman–Crippen LogP) is 6.06. The van der Waals surface area contributed by atoms with E-state index in [1.807, 2.05) is 6.07 Å². The van der Waals surface area contributed by atoms with Crippen LogP contribution in [-0.2, 0) is 16.1 Å². The Bertz CT molecular complexity index is 1260. The minimum absolute atomic E-state index is 0.0215. The molecule has 11 heteroatoms. The van der Waals surface area contributed by atoms with Crippen LogP contribution in [0, 0.1) is 5.92 Å². The Morgan fingerprint density at radius 2 is 1.76 bits per heavy atom. The Kier molecular flexibility index (Phi) is 6.86. The summed E-state index contributed by atoms with van der Waals surface area (Å²) in [5, 5.41) is 18.8. The number of piperidine rings is 1. The molecular weight excluding hydrogens is 519 g/mol. The summed E-state index contributed by atoms with van der Waals surface area (Å²) in [7, 11) is 0. The van der Waals surface area contributed by atoms with Gasteiger partial charge in [0.15, 0.2) is 0 Å². The smallest absolute Gasteiger partial charge is 0.306 e. The molecule has 0 radical (unpaired) electrons. The lowest BCUT2D eigenvalue weighted by atomic mass is 10.0. The fourth-order valence-electron chi connectivity index (χ4n) is 5.42. The molecule has 2 aliphatic carbocycles. The Hall–Kier alpha value is -2.62. The number of carboxylic acid groups (broad SMARTS) is 1. The van der Waals surface area contributed by atoms with Gasteiger partial charge in [0.25, 0.3) is 5.95 Å². The lowest BCUT2D eigenvalue weighted by molar-refractivity contribution is -0.141. The first kappa shape index (κ1) is 24.7. The van der Waals surface area contributed by atoms with E-state index in [9.17, 15) is 9.90 Å². The molecule has 3 fully saturated rings. The van der Waals surface area contributed by atoms with Crippen molar-refractivity contribution >= 4 is 35.1 Å². The lowest BCUT2D eigenvalue weighted by Gasteiger charge is -2.30. The first-order valence-electron chi connectivity index (χ1n) is 12.8. The van der Waals surface area contributed by atoms with Crippen molar-refractivity contribution in [1.82, 2.24) is 15.3 Å². The zero-order valence-electron chi connectivity index (χ0n) is 20.2. The molecule has 0 unspecified atom stereocenters. The van der Waals surface area contributed by atoms with Gasteiger partial charge in [-0.05, 0) is 62.2 Å². The highest BCUT2D eigenvalue weighted by molar-refractivity contribution is 6.39. The second-order valence-electron chi connectivity index (χ2n) is 10.2. The number of halogens is 2. The highest BCUT2D eigenvalue weighted by atomic mass is 35.5. The van der Waals surface area contributed by atoms with Gasteiger partial charge in [0.1, 0.15) is 11.5 Å². The van der Waals surface area contributed by atoms with E-state index in [0.29, 0.717) is 58.5 Å². The van der Waals surface area contributed by atoms with Crippen molar-refractivity contribution < 1.29 is 23.7 Å². The van der Waals surface area contributed by atoms with E-state index in [4.69, 9.17) is 37.0 Å². The standard InChI is InChI=1S/C26H28Cl2N4O5/c27-19-2-1-3-20(28)21(19)22-18(23(36-30-22)14-4-5-14)13-35-17-8-10-32(11-9-17)26-29-24(37-31-26)15-6-7-16(12-15)25(33)34/h1-3,14-17H,4-13H2,(H,33,34)/t15-,16+/m0/s1. The molecule has 2 aromatic heterocycles. The first-order chi connectivity index (χ1) is 18.0. The summed E-state index contributed by atoms with van der Waals surface area (Å²) in [6.45, 7) is 1.87. The molecule has 1 aromatic carbocycles. The van der Waals surface area contributed by atoms with Crippen LogP contribution < -0.4 is 4.90 Å². The summed E-state index contributed by atoms with van der Waals surface area (Å²) in [5.41, 5.74) is 2.27. The molecule has 0 spiro atoms. The van der Waals surface area contributed by atoms with Crippen LogP contribution in [0.1, 0.15) is 74.0 Å². The van der Waals surface area contributed by atoms with E-state index >= 15 is 0 Å². The number of benzene rings is 1. The number of hydrogen-bond donors (Lipinski definition) is 1. The molecule has 3 aliphatic rings. The molecule has 0 amide bonds. The normalized spacial score (nSPS) is 22.6. The molecule has 3 aromatic rings. The number of aliphatic carboxylic acids is 1. The molecule has 3 heterocycles. The van der Waals surface area contributed by atoms with Gasteiger partial charge in [-0.15, -0.1) is 0 Å². The Morgan fingerprint density at radius 1 is 1.03 bits per heavy atom. The minimum Gasteiger partial charge on any atom is -0.481 e. The summed E-state index contributed by atoms with van der Waals surface area (Å²) < 4.78 is 17.6. The quantitative estimate of drug-likeness (QED) is 0.359. The molecule has 2 atom stereocenters. The van der Waals surface area contributed by atoms with Crippen LogP contribution in [0.15, 0.2) is 27.2 Å². The number of rotatable bonds is 8. The number of carbonyl (C=O) groups is 1. The van der Waals surface area contributed by atoms with E-state index in [1.165, 1.54) is 0 Å². The van der Waals surface area contributed by atoms with Crippen molar-refractivity contribution in [2.45, 2.75) is 69.5 Å². The van der Waals surface area contributed by atoms with Crippen molar-refractivity contribution in [3.05, 3.63) is 45.5 Å². The summed E-state index contributed by atoms with van der Waals surface area (Å²) in [5.74, 6) is 1.31. The van der Waals surface area contributed by atoms with Crippen molar-refractivity contribution in [2.24, 2.45) is 5.92 Å². The van der Waals surface area contributed by atoms with Gasteiger partial charge in [-0.2, -0.15) is 4.98 Å². The monoisotopic (exact) mass is 546 g/mol. The summed E-state index contributed by atoms with van der Waals surface area (Å²) >= 11 is 12.9. The zero-order valence-corrected chi connectivity index (χ0v) is 21.7. The number of aromatic nitrogens is 3. The van der Waals surface area contributed by atoms with Gasteiger partial charge in [-0.25, -0.2) is 0 Å². The van der Waals surface area contributed by atoms with Gasteiger partial charge in [-0.3, -0.25) is 4.79 Å². The third-order valence-electron chi connectivity index (χ3n) is 7.72. The summed E-state index contributed by atoms with van der Waals surface area (Å²) in [6.07, 6.45) is 5.86. The molecule has 0 bridgehead atoms. The third kappa shape index (κ3) is 5.09. The third-order valence-corrected chi connectivity index (χ3v) is 8.35. The first-order valence-corrected chi connectivity index (χ1v) is 13.6. The predicted molar refractivity (Wildman–Crippen MR) is 136 cm³/mol. The molecule has 196 valence electrons. The van der Waals surface area contributed by atoms with E-state index in [0.717, 1.165) is 56.5 Å². The van der Waals surface area contributed by atoms with Crippen LogP contribution in [0.5, 0.6) is 0 Å². The molecule has 2 saturated carbocycles. The maximum absolute atomic E-state index is 11.3. The van der Waals surface area contributed by atoms with Crippen molar-refractivity contribution in [3.63, 3.8) is 0 Å². The number of ether oxygens (including phenoxy) is 1. The molecule has 6 rings (SSSR count). The fourth-order valence-corrected chi connectivity index (χ4v) is 6.00. The van der Waals surface area contributed by atoms with E-state index in [-0.39, 0.29) is 17.9 Å². The number of nitrogens with zero attached hydrogens (tertiary/aromatic N) is 4. The average molecular weight is 547 g/mol. The Balaban J connectivity index is 1.08. The molecule has 1 saturated heterocycles. The molecule has 1 N–H and O–H groups in total. The molecular formula is C26H28Cl2N4O5. The maximum Gasteiger partial charge on any atom is 0.306 e. The van der Waals surface area contributed by atoms with Gasteiger partial charge in [-0.1, -0.05) is 34.4 Å².